The van der Waals surface area contributed by atoms with Crippen LogP contribution < -0.4 is 0 Å². The van der Waals surface area contributed by atoms with Crippen LogP contribution in [0.1, 0.15) is 38.3 Å². The maximum atomic E-state index is 6.12. The molecule has 0 atom stereocenters. The zero-order chi connectivity index (χ0) is 18.6. The van der Waals surface area contributed by atoms with E-state index in [-0.39, 0.29) is 0 Å². The molecule has 2 nitrogen and oxygen atoms in total. The second-order valence-electron chi connectivity index (χ2n) is 7.39. The van der Waals surface area contributed by atoms with Gasteiger partial charge in [-0.1, -0.05) is 61.0 Å². The van der Waals surface area contributed by atoms with E-state index in [9.17, 15) is 0 Å². The maximum Gasteiger partial charge on any atom is 0.100 e. The van der Waals surface area contributed by atoms with E-state index in [0.29, 0.717) is 0 Å². The predicted octanol–water partition coefficient (Wildman–Crippen LogP) is 6.83. The second kappa shape index (κ2) is 8.31. The van der Waals surface area contributed by atoms with Crippen molar-refractivity contribution in [2.75, 3.05) is 0 Å². The first-order chi connectivity index (χ1) is 13.3. The number of nitrogens with zero attached hydrogens (tertiary/aromatic N) is 2. The number of benzene rings is 2. The molecule has 0 unspecified atom stereocenters. The highest BCUT2D eigenvalue weighted by Gasteiger charge is 2.22. The molecule has 1 saturated carbocycles. The van der Waals surface area contributed by atoms with Gasteiger partial charge >= 0.3 is 0 Å². The smallest absolute Gasteiger partial charge is 0.100 e. The largest absolute Gasteiger partial charge is 0.268 e. The molecular weight excluding hydrogens is 352 g/mol. The summed E-state index contributed by atoms with van der Waals surface area (Å²) in [5.74, 6) is 0.724. The van der Waals surface area contributed by atoms with E-state index in [0.717, 1.165) is 35.2 Å². The van der Waals surface area contributed by atoms with Gasteiger partial charge in [-0.3, -0.25) is 4.68 Å². The highest BCUT2D eigenvalue weighted by atomic mass is 35.5. The van der Waals surface area contributed by atoms with Gasteiger partial charge in [-0.15, -0.1) is 0 Å². The average Bonchev–Trinajstić information content (AvgIpc) is 3.08. The summed E-state index contributed by atoms with van der Waals surface area (Å²) in [6.45, 7) is 3.25. The lowest BCUT2D eigenvalue weighted by Crippen LogP contribution is -2.17. The summed E-state index contributed by atoms with van der Waals surface area (Å²) in [7, 11) is 0. The summed E-state index contributed by atoms with van der Waals surface area (Å²) < 4.78 is 2.28. The molecule has 0 amide bonds. The Hall–Kier alpha value is -2.06. The van der Waals surface area contributed by atoms with Crippen molar-refractivity contribution in [2.24, 2.45) is 5.92 Å². The molecule has 2 aromatic carbocycles. The Balaban J connectivity index is 1.81. The van der Waals surface area contributed by atoms with Crippen molar-refractivity contribution in [3.63, 3.8) is 0 Å². The van der Waals surface area contributed by atoms with Crippen LogP contribution in [-0.4, -0.2) is 9.78 Å². The zero-order valence-corrected chi connectivity index (χ0v) is 16.6. The third kappa shape index (κ3) is 3.96. The Morgan fingerprint density at radius 3 is 2.33 bits per heavy atom. The summed E-state index contributed by atoms with van der Waals surface area (Å²) in [4.78, 5) is 0. The van der Waals surface area contributed by atoms with Crippen LogP contribution in [0.25, 0.3) is 22.4 Å². The Bertz CT molecular complexity index is 875. The summed E-state index contributed by atoms with van der Waals surface area (Å²) in [6.07, 6.45) is 8.43. The fraction of sp³-hybridized carbons (Fsp3) is 0.333. The molecule has 0 aliphatic heterocycles. The van der Waals surface area contributed by atoms with Gasteiger partial charge in [0.25, 0.3) is 0 Å². The molecule has 0 saturated heterocycles. The van der Waals surface area contributed by atoms with Crippen LogP contribution >= 0.6 is 11.6 Å². The van der Waals surface area contributed by atoms with E-state index in [4.69, 9.17) is 16.7 Å². The molecule has 3 heteroatoms. The SMILES string of the molecule is CCc1c(-c2ccccc2)c(-c2ccc(Cl)cc2)nn1CC1CC[CH]CC1. The molecule has 1 aliphatic rings. The summed E-state index contributed by atoms with van der Waals surface area (Å²) >= 11 is 6.12. The molecule has 1 heterocycles. The fourth-order valence-corrected chi connectivity index (χ4v) is 4.27. The van der Waals surface area contributed by atoms with E-state index in [2.05, 4.69) is 60.5 Å². The number of hydrogen-bond acceptors (Lipinski definition) is 1. The molecular formula is C24H26ClN2. The van der Waals surface area contributed by atoms with Crippen molar-refractivity contribution >= 4 is 11.6 Å². The first-order valence-corrected chi connectivity index (χ1v) is 10.4. The fourth-order valence-electron chi connectivity index (χ4n) is 4.15. The van der Waals surface area contributed by atoms with Crippen molar-refractivity contribution in [3.05, 3.63) is 71.7 Å². The average molecular weight is 378 g/mol. The van der Waals surface area contributed by atoms with Crippen LogP contribution in [0.5, 0.6) is 0 Å². The van der Waals surface area contributed by atoms with Gasteiger partial charge in [-0.25, -0.2) is 0 Å². The first-order valence-electron chi connectivity index (χ1n) is 9.99. The minimum Gasteiger partial charge on any atom is -0.268 e. The third-order valence-corrected chi connectivity index (χ3v) is 5.81. The molecule has 1 aromatic heterocycles. The minimum atomic E-state index is 0.724. The zero-order valence-electron chi connectivity index (χ0n) is 15.9. The molecule has 1 radical (unpaired) electrons. The van der Waals surface area contributed by atoms with Gasteiger partial charge in [0, 0.05) is 28.4 Å². The van der Waals surface area contributed by atoms with E-state index < -0.39 is 0 Å². The molecule has 139 valence electrons. The van der Waals surface area contributed by atoms with Gasteiger partial charge in [0.05, 0.1) is 0 Å². The molecule has 27 heavy (non-hydrogen) atoms. The second-order valence-corrected chi connectivity index (χ2v) is 7.82. The lowest BCUT2D eigenvalue weighted by Gasteiger charge is -2.22. The predicted molar refractivity (Wildman–Crippen MR) is 114 cm³/mol. The van der Waals surface area contributed by atoms with Crippen LogP contribution in [0.4, 0.5) is 0 Å². The first kappa shape index (κ1) is 18.3. The van der Waals surface area contributed by atoms with Crippen molar-refractivity contribution in [1.82, 2.24) is 9.78 Å². The van der Waals surface area contributed by atoms with E-state index in [1.165, 1.54) is 42.5 Å². The monoisotopic (exact) mass is 377 g/mol. The van der Waals surface area contributed by atoms with Gasteiger partial charge in [-0.05, 0) is 62.1 Å². The van der Waals surface area contributed by atoms with Gasteiger partial charge in [0.2, 0.25) is 0 Å². The number of aromatic nitrogens is 2. The van der Waals surface area contributed by atoms with Crippen molar-refractivity contribution in [3.8, 4) is 22.4 Å². The molecule has 1 fully saturated rings. The molecule has 0 bridgehead atoms. The lowest BCUT2D eigenvalue weighted by molar-refractivity contribution is 0.336. The van der Waals surface area contributed by atoms with Crippen LogP contribution in [0.15, 0.2) is 54.6 Å². The molecule has 1 aliphatic carbocycles. The van der Waals surface area contributed by atoms with Crippen LogP contribution in [0.2, 0.25) is 5.02 Å². The van der Waals surface area contributed by atoms with Gasteiger partial charge in [0.15, 0.2) is 0 Å². The molecule has 0 spiro atoms. The van der Waals surface area contributed by atoms with Gasteiger partial charge < -0.3 is 0 Å². The Morgan fingerprint density at radius 2 is 1.67 bits per heavy atom. The Morgan fingerprint density at radius 1 is 0.963 bits per heavy atom. The van der Waals surface area contributed by atoms with E-state index >= 15 is 0 Å². The quantitative estimate of drug-likeness (QED) is 0.476. The highest BCUT2D eigenvalue weighted by Crippen LogP contribution is 2.36. The van der Waals surface area contributed by atoms with Crippen LogP contribution in [0.3, 0.4) is 0 Å². The Labute approximate surface area is 167 Å². The Kier molecular flexibility index (Phi) is 5.63. The van der Waals surface area contributed by atoms with Crippen LogP contribution in [-0.2, 0) is 13.0 Å². The van der Waals surface area contributed by atoms with Gasteiger partial charge in [-0.2, -0.15) is 5.10 Å². The third-order valence-electron chi connectivity index (χ3n) is 5.56. The van der Waals surface area contributed by atoms with Gasteiger partial charge in [0.1, 0.15) is 5.69 Å². The lowest BCUT2D eigenvalue weighted by atomic mass is 9.89. The van der Waals surface area contributed by atoms with Crippen molar-refractivity contribution < 1.29 is 0 Å². The molecule has 3 aromatic rings. The van der Waals surface area contributed by atoms with Crippen LogP contribution in [0, 0.1) is 12.3 Å². The summed E-state index contributed by atoms with van der Waals surface area (Å²) in [6, 6.07) is 18.7. The minimum absolute atomic E-state index is 0.724. The normalized spacial score (nSPS) is 15.2. The number of rotatable bonds is 5. The standard InChI is InChI=1S/C24H26ClN2/c1-2-22-23(19-11-7-4-8-12-19)24(20-13-15-21(25)16-14-20)26-27(22)17-18-9-5-3-6-10-18/h3-4,7-8,11-16,18H,2,5-6,9-10,17H2,1H3. The molecule has 4 rings (SSSR count). The topological polar surface area (TPSA) is 17.8 Å². The van der Waals surface area contributed by atoms with Crippen molar-refractivity contribution in [2.45, 2.75) is 45.6 Å². The molecule has 0 N–H and O–H groups in total. The van der Waals surface area contributed by atoms with Crippen molar-refractivity contribution in [1.29, 1.82) is 0 Å². The summed E-state index contributed by atoms with van der Waals surface area (Å²) in [5, 5.41) is 5.87. The number of halogens is 1. The summed E-state index contributed by atoms with van der Waals surface area (Å²) in [5.41, 5.74) is 6.03. The number of hydrogen-bond donors (Lipinski definition) is 0. The highest BCUT2D eigenvalue weighted by molar-refractivity contribution is 6.30. The van der Waals surface area contributed by atoms with E-state index in [1.807, 2.05) is 12.1 Å². The maximum absolute atomic E-state index is 6.12. The van der Waals surface area contributed by atoms with E-state index in [1.54, 1.807) is 0 Å².